The van der Waals surface area contributed by atoms with Gasteiger partial charge in [0.1, 0.15) is 6.04 Å². The zero-order valence-electron chi connectivity index (χ0n) is 12.1. The average Bonchev–Trinajstić information content (AvgIpc) is 3.00. The molecular formula is C16H18N4O2. The highest BCUT2D eigenvalue weighted by atomic mass is 16.2. The van der Waals surface area contributed by atoms with Crippen LogP contribution < -0.4 is 10.6 Å². The maximum Gasteiger partial charge on any atom is 0.251 e. The molecule has 2 heterocycles. The van der Waals surface area contributed by atoms with Gasteiger partial charge in [-0.3, -0.25) is 14.7 Å². The van der Waals surface area contributed by atoms with Crippen LogP contribution in [0.4, 0.5) is 0 Å². The number of nitrogens with one attached hydrogen (secondary N) is 3. The number of rotatable bonds is 3. The highest BCUT2D eigenvalue weighted by Crippen LogP contribution is 2.19. The fourth-order valence-corrected chi connectivity index (χ4v) is 2.57. The molecule has 1 fully saturated rings. The van der Waals surface area contributed by atoms with E-state index < -0.39 is 6.04 Å². The summed E-state index contributed by atoms with van der Waals surface area (Å²) in [4.78, 5) is 24.3. The first-order valence-electron chi connectivity index (χ1n) is 7.42. The standard InChI is InChI=1S/C16H18N4O2/c21-15(20-14-6-1-2-7-17-16(14)22)12-5-3-4-11(8-12)13-9-18-19-10-13/h3-5,8-10,14H,1-2,6-7H2,(H,17,22)(H,18,19)(H,20,21)/t14-/m1/s1. The molecule has 0 saturated carbocycles. The molecule has 22 heavy (non-hydrogen) atoms. The molecule has 2 amide bonds. The minimum Gasteiger partial charge on any atom is -0.354 e. The minimum atomic E-state index is -0.451. The quantitative estimate of drug-likeness (QED) is 0.802. The molecule has 2 aromatic rings. The Morgan fingerprint density at radius 1 is 1.27 bits per heavy atom. The summed E-state index contributed by atoms with van der Waals surface area (Å²) in [5.41, 5.74) is 2.37. The van der Waals surface area contributed by atoms with E-state index in [1.54, 1.807) is 24.5 Å². The number of aromatic amines is 1. The van der Waals surface area contributed by atoms with Gasteiger partial charge in [-0.05, 0) is 37.0 Å². The van der Waals surface area contributed by atoms with Crippen LogP contribution in [-0.2, 0) is 4.79 Å². The van der Waals surface area contributed by atoms with Gasteiger partial charge in [0.05, 0.1) is 6.20 Å². The molecule has 3 rings (SSSR count). The third kappa shape index (κ3) is 3.16. The lowest BCUT2D eigenvalue weighted by Gasteiger charge is -2.15. The highest BCUT2D eigenvalue weighted by molar-refractivity contribution is 5.98. The fraction of sp³-hybridized carbons (Fsp3) is 0.312. The number of nitrogens with zero attached hydrogens (tertiary/aromatic N) is 1. The van der Waals surface area contributed by atoms with Crippen molar-refractivity contribution >= 4 is 11.8 Å². The van der Waals surface area contributed by atoms with E-state index in [4.69, 9.17) is 0 Å². The van der Waals surface area contributed by atoms with Crippen molar-refractivity contribution in [1.29, 1.82) is 0 Å². The fourth-order valence-electron chi connectivity index (χ4n) is 2.57. The van der Waals surface area contributed by atoms with Crippen molar-refractivity contribution < 1.29 is 9.59 Å². The summed E-state index contributed by atoms with van der Waals surface area (Å²) in [6.07, 6.45) is 6.04. The van der Waals surface area contributed by atoms with Crippen LogP contribution in [-0.4, -0.2) is 34.6 Å². The summed E-state index contributed by atoms with van der Waals surface area (Å²) in [7, 11) is 0. The Morgan fingerprint density at radius 3 is 3.00 bits per heavy atom. The van der Waals surface area contributed by atoms with Crippen LogP contribution in [0, 0.1) is 0 Å². The van der Waals surface area contributed by atoms with Gasteiger partial charge in [-0.1, -0.05) is 12.1 Å². The Balaban J connectivity index is 1.74. The van der Waals surface area contributed by atoms with E-state index in [2.05, 4.69) is 20.8 Å². The number of carbonyl (C=O) groups excluding carboxylic acids is 2. The largest absolute Gasteiger partial charge is 0.354 e. The first kappa shape index (κ1) is 14.3. The van der Waals surface area contributed by atoms with Gasteiger partial charge in [0.2, 0.25) is 5.91 Å². The van der Waals surface area contributed by atoms with Crippen LogP contribution in [0.5, 0.6) is 0 Å². The molecular weight excluding hydrogens is 280 g/mol. The van der Waals surface area contributed by atoms with Gasteiger partial charge in [0, 0.05) is 23.9 Å². The van der Waals surface area contributed by atoms with Crippen LogP contribution in [0.2, 0.25) is 0 Å². The molecule has 6 nitrogen and oxygen atoms in total. The van der Waals surface area contributed by atoms with E-state index in [0.29, 0.717) is 18.5 Å². The van der Waals surface area contributed by atoms with Crippen LogP contribution in [0.15, 0.2) is 36.7 Å². The van der Waals surface area contributed by atoms with Crippen LogP contribution in [0.1, 0.15) is 29.6 Å². The third-order valence-corrected chi connectivity index (χ3v) is 3.80. The zero-order valence-corrected chi connectivity index (χ0v) is 12.1. The van der Waals surface area contributed by atoms with Crippen molar-refractivity contribution in [1.82, 2.24) is 20.8 Å². The van der Waals surface area contributed by atoms with E-state index >= 15 is 0 Å². The maximum absolute atomic E-state index is 12.4. The summed E-state index contributed by atoms with van der Waals surface area (Å²) in [6.45, 7) is 0.682. The number of H-pyrrole nitrogens is 1. The van der Waals surface area contributed by atoms with E-state index in [9.17, 15) is 9.59 Å². The summed E-state index contributed by atoms with van der Waals surface area (Å²) >= 11 is 0. The van der Waals surface area contributed by atoms with Gasteiger partial charge >= 0.3 is 0 Å². The predicted molar refractivity (Wildman–Crippen MR) is 82.1 cm³/mol. The normalized spacial score (nSPS) is 18.4. The molecule has 1 saturated heterocycles. The van der Waals surface area contributed by atoms with E-state index in [0.717, 1.165) is 24.0 Å². The molecule has 0 aliphatic carbocycles. The second-order valence-electron chi connectivity index (χ2n) is 5.38. The lowest BCUT2D eigenvalue weighted by molar-refractivity contribution is -0.122. The lowest BCUT2D eigenvalue weighted by atomic mass is 10.0. The summed E-state index contributed by atoms with van der Waals surface area (Å²) in [5, 5.41) is 12.3. The zero-order chi connectivity index (χ0) is 15.4. The first-order chi connectivity index (χ1) is 10.7. The van der Waals surface area contributed by atoms with Gasteiger partial charge in [-0.25, -0.2) is 0 Å². The van der Waals surface area contributed by atoms with Crippen LogP contribution in [0.25, 0.3) is 11.1 Å². The van der Waals surface area contributed by atoms with Gasteiger partial charge < -0.3 is 10.6 Å². The van der Waals surface area contributed by atoms with E-state index in [1.807, 2.05) is 12.1 Å². The number of benzene rings is 1. The van der Waals surface area contributed by atoms with Crippen molar-refractivity contribution in [3.05, 3.63) is 42.2 Å². The van der Waals surface area contributed by atoms with Gasteiger partial charge in [0.25, 0.3) is 5.91 Å². The topological polar surface area (TPSA) is 86.9 Å². The second kappa shape index (κ2) is 6.43. The number of hydrogen-bond donors (Lipinski definition) is 3. The number of amides is 2. The van der Waals surface area contributed by atoms with Crippen molar-refractivity contribution in [3.8, 4) is 11.1 Å². The molecule has 1 aromatic carbocycles. The van der Waals surface area contributed by atoms with Crippen LogP contribution >= 0.6 is 0 Å². The highest BCUT2D eigenvalue weighted by Gasteiger charge is 2.22. The van der Waals surface area contributed by atoms with Crippen LogP contribution in [0.3, 0.4) is 0 Å². The smallest absolute Gasteiger partial charge is 0.251 e. The molecule has 1 aliphatic rings. The van der Waals surface area contributed by atoms with Crippen molar-refractivity contribution in [2.45, 2.75) is 25.3 Å². The molecule has 1 aromatic heterocycles. The van der Waals surface area contributed by atoms with Crippen molar-refractivity contribution in [3.63, 3.8) is 0 Å². The second-order valence-corrected chi connectivity index (χ2v) is 5.38. The predicted octanol–water partition coefficient (Wildman–Crippen LogP) is 1.48. The number of hydrogen-bond acceptors (Lipinski definition) is 3. The number of carbonyl (C=O) groups is 2. The van der Waals surface area contributed by atoms with E-state index in [-0.39, 0.29) is 11.8 Å². The molecule has 0 bridgehead atoms. The molecule has 3 N–H and O–H groups in total. The molecule has 0 spiro atoms. The molecule has 1 atom stereocenters. The Morgan fingerprint density at radius 2 is 2.18 bits per heavy atom. The van der Waals surface area contributed by atoms with Gasteiger partial charge in [0.15, 0.2) is 0 Å². The third-order valence-electron chi connectivity index (χ3n) is 3.80. The minimum absolute atomic E-state index is 0.100. The van der Waals surface area contributed by atoms with Crippen molar-refractivity contribution in [2.24, 2.45) is 0 Å². The monoisotopic (exact) mass is 298 g/mol. The molecule has 0 unspecified atom stereocenters. The van der Waals surface area contributed by atoms with Crippen molar-refractivity contribution in [2.75, 3.05) is 6.54 Å². The number of aromatic nitrogens is 2. The molecule has 6 heteroatoms. The Hall–Kier alpha value is -2.63. The SMILES string of the molecule is O=C(N[C@@H]1CCCCNC1=O)c1cccc(-c2cn[nH]c2)c1. The maximum atomic E-state index is 12.4. The Kier molecular flexibility index (Phi) is 4.18. The lowest BCUT2D eigenvalue weighted by Crippen LogP contribution is -2.45. The first-order valence-corrected chi connectivity index (χ1v) is 7.42. The summed E-state index contributed by atoms with van der Waals surface area (Å²) in [5.74, 6) is -0.329. The summed E-state index contributed by atoms with van der Waals surface area (Å²) < 4.78 is 0. The average molecular weight is 298 g/mol. The molecule has 1 aliphatic heterocycles. The Labute approximate surface area is 128 Å². The van der Waals surface area contributed by atoms with E-state index in [1.165, 1.54) is 0 Å². The molecule has 0 radical (unpaired) electrons. The summed E-state index contributed by atoms with van der Waals surface area (Å²) in [6, 6.07) is 6.83. The molecule has 114 valence electrons. The van der Waals surface area contributed by atoms with Gasteiger partial charge in [-0.15, -0.1) is 0 Å². The Bertz CT molecular complexity index is 667. The van der Waals surface area contributed by atoms with Gasteiger partial charge in [-0.2, -0.15) is 5.10 Å².